The molecule has 5 aliphatic rings. The highest BCUT2D eigenvalue weighted by molar-refractivity contribution is 5.95. The molecule has 1 saturated heterocycles. The lowest BCUT2D eigenvalue weighted by atomic mass is 9.61. The number of anilines is 1. The maximum atomic E-state index is 14.6. The van der Waals surface area contributed by atoms with Crippen molar-refractivity contribution < 1.29 is 9.59 Å². The van der Waals surface area contributed by atoms with E-state index in [-0.39, 0.29) is 35.9 Å². The van der Waals surface area contributed by atoms with Crippen LogP contribution in [0.15, 0.2) is 84.9 Å². The third-order valence-corrected chi connectivity index (χ3v) is 9.74. The highest BCUT2D eigenvalue weighted by atomic mass is 16.2. The number of rotatable bonds is 4. The minimum atomic E-state index is -0.147. The summed E-state index contributed by atoms with van der Waals surface area (Å²) in [4.78, 5) is 30.0. The van der Waals surface area contributed by atoms with Gasteiger partial charge in [0, 0.05) is 29.8 Å². The molecule has 5 nitrogen and oxygen atoms in total. The van der Waals surface area contributed by atoms with Crippen molar-refractivity contribution in [1.29, 1.82) is 0 Å². The molecule has 0 unspecified atom stereocenters. The summed E-state index contributed by atoms with van der Waals surface area (Å²) in [6, 6.07) is 28.7. The molecule has 2 heterocycles. The molecule has 3 aliphatic carbocycles. The molecule has 2 N–H and O–H groups in total. The maximum Gasteiger partial charge on any atom is 0.251 e. The number of nitrogens with one attached hydrogen (secondary N) is 2. The fourth-order valence-corrected chi connectivity index (χ4v) is 7.99. The molecule has 3 saturated carbocycles. The van der Waals surface area contributed by atoms with Gasteiger partial charge in [-0.3, -0.25) is 9.59 Å². The minimum absolute atomic E-state index is 0.0519. The summed E-state index contributed by atoms with van der Waals surface area (Å²) in [5.74, 6) is 1.07. The first-order valence-electron chi connectivity index (χ1n) is 14.3. The Bertz CT molecular complexity index is 1320. The van der Waals surface area contributed by atoms with E-state index in [0.717, 1.165) is 44.3 Å². The first-order chi connectivity index (χ1) is 18.7. The van der Waals surface area contributed by atoms with Crippen LogP contribution in [0, 0.1) is 23.7 Å². The van der Waals surface area contributed by atoms with Crippen molar-refractivity contribution in [3.05, 3.63) is 102 Å². The first-order valence-corrected chi connectivity index (χ1v) is 14.3. The Morgan fingerprint density at radius 2 is 1.42 bits per heavy atom. The summed E-state index contributed by atoms with van der Waals surface area (Å²) in [5, 5.41) is 7.16. The third kappa shape index (κ3) is 3.91. The van der Waals surface area contributed by atoms with E-state index in [9.17, 15) is 9.59 Å². The number of amides is 2. The average Bonchev–Trinajstić information content (AvgIpc) is 3.43. The smallest absolute Gasteiger partial charge is 0.251 e. The Kier molecular flexibility index (Phi) is 5.95. The van der Waals surface area contributed by atoms with Crippen molar-refractivity contribution in [1.82, 2.24) is 10.2 Å². The zero-order valence-corrected chi connectivity index (χ0v) is 21.6. The van der Waals surface area contributed by atoms with Crippen molar-refractivity contribution in [3.63, 3.8) is 0 Å². The lowest BCUT2D eigenvalue weighted by molar-refractivity contribution is -0.144. The maximum absolute atomic E-state index is 14.6. The van der Waals surface area contributed by atoms with Crippen LogP contribution in [0.1, 0.15) is 65.7 Å². The molecule has 8 rings (SSSR count). The second-order valence-electron chi connectivity index (χ2n) is 11.6. The standard InChI is InChI=1S/C33H35N3O2/c37-32(24-11-5-2-6-12-24)35-30-23-17-15-21(16-18-23)28(30)33(38)36-20-19-26-29(22-9-3-1-4-10-22)34-27-14-8-7-13-25(27)31(26)36/h1-14,21,23,26,28-31,34H,15-20H2,(H,35,37)/t21?,23?,26-,28-,29-,30-,31-/m0/s1. The molecule has 194 valence electrons. The molecule has 5 atom stereocenters. The molecule has 0 radical (unpaired) electrons. The number of fused-ring (bicyclic) bond motifs is 6. The molecule has 2 amide bonds. The van der Waals surface area contributed by atoms with Gasteiger partial charge in [0.2, 0.25) is 5.91 Å². The highest BCUT2D eigenvalue weighted by Gasteiger charge is 2.53. The second-order valence-corrected chi connectivity index (χ2v) is 11.6. The van der Waals surface area contributed by atoms with E-state index in [1.807, 2.05) is 30.3 Å². The van der Waals surface area contributed by atoms with Gasteiger partial charge in [-0.05, 0) is 73.3 Å². The fourth-order valence-electron chi connectivity index (χ4n) is 7.99. The first kappa shape index (κ1) is 23.5. The zero-order valence-electron chi connectivity index (χ0n) is 21.6. The van der Waals surface area contributed by atoms with E-state index in [2.05, 4.69) is 70.1 Å². The summed E-state index contributed by atoms with van der Waals surface area (Å²) in [6.07, 6.45) is 5.35. The van der Waals surface area contributed by atoms with Gasteiger partial charge in [0.1, 0.15) is 0 Å². The Hall–Kier alpha value is -3.60. The number of benzene rings is 3. The Labute approximate surface area is 224 Å². The molecular weight excluding hydrogens is 470 g/mol. The summed E-state index contributed by atoms with van der Waals surface area (Å²) >= 11 is 0. The number of hydrogen-bond acceptors (Lipinski definition) is 3. The second kappa shape index (κ2) is 9.61. The number of likely N-dealkylation sites (tertiary alicyclic amines) is 1. The third-order valence-electron chi connectivity index (χ3n) is 9.74. The molecule has 0 spiro atoms. The fraction of sp³-hybridized carbons (Fsp3) is 0.394. The van der Waals surface area contributed by atoms with Crippen molar-refractivity contribution >= 4 is 17.5 Å². The number of hydrogen-bond donors (Lipinski definition) is 2. The summed E-state index contributed by atoms with van der Waals surface area (Å²) in [7, 11) is 0. The lowest BCUT2D eigenvalue weighted by Crippen LogP contribution is -2.58. The van der Waals surface area contributed by atoms with Crippen LogP contribution < -0.4 is 10.6 Å². The molecule has 2 aliphatic heterocycles. The normalized spacial score (nSPS) is 31.2. The van der Waals surface area contributed by atoms with Gasteiger partial charge in [0.05, 0.1) is 18.0 Å². The van der Waals surface area contributed by atoms with Gasteiger partial charge >= 0.3 is 0 Å². The van der Waals surface area contributed by atoms with Crippen LogP contribution in [0.5, 0.6) is 0 Å². The number of nitrogens with zero attached hydrogens (tertiary/aromatic N) is 1. The summed E-state index contributed by atoms with van der Waals surface area (Å²) < 4.78 is 0. The summed E-state index contributed by atoms with van der Waals surface area (Å²) in [6.45, 7) is 0.765. The molecule has 3 aromatic rings. The molecule has 2 bridgehead atoms. The van der Waals surface area contributed by atoms with Crippen molar-refractivity contribution in [3.8, 4) is 0 Å². The van der Waals surface area contributed by atoms with Gasteiger partial charge in [-0.15, -0.1) is 0 Å². The van der Waals surface area contributed by atoms with E-state index in [1.54, 1.807) is 0 Å². The Morgan fingerprint density at radius 3 is 2.18 bits per heavy atom. The molecule has 5 heteroatoms. The van der Waals surface area contributed by atoms with Gasteiger partial charge < -0.3 is 15.5 Å². The van der Waals surface area contributed by atoms with E-state index in [0.29, 0.717) is 23.3 Å². The number of carbonyl (C=O) groups is 2. The Morgan fingerprint density at radius 1 is 0.763 bits per heavy atom. The van der Waals surface area contributed by atoms with Crippen LogP contribution in [-0.2, 0) is 4.79 Å². The molecule has 4 fully saturated rings. The van der Waals surface area contributed by atoms with Crippen molar-refractivity contribution in [2.24, 2.45) is 23.7 Å². The van der Waals surface area contributed by atoms with Crippen LogP contribution in [0.2, 0.25) is 0 Å². The van der Waals surface area contributed by atoms with Gasteiger partial charge in [0.25, 0.3) is 5.91 Å². The molecular formula is C33H35N3O2. The number of carbonyl (C=O) groups excluding carboxylic acids is 2. The quantitative estimate of drug-likeness (QED) is 0.459. The average molecular weight is 506 g/mol. The topological polar surface area (TPSA) is 61.4 Å². The zero-order chi connectivity index (χ0) is 25.6. The monoisotopic (exact) mass is 505 g/mol. The predicted molar refractivity (Wildman–Crippen MR) is 148 cm³/mol. The number of para-hydroxylation sites is 1. The van der Waals surface area contributed by atoms with Crippen LogP contribution >= 0.6 is 0 Å². The SMILES string of the molecule is O=C(N[C@H]1C2CCC(CC2)[C@@H]1C(=O)N1CC[C@H]2[C@H](c3ccccc3)Nc3ccccc3[C@@H]21)c1ccccc1. The van der Waals surface area contributed by atoms with Crippen LogP contribution in [0.4, 0.5) is 5.69 Å². The molecule has 3 aromatic carbocycles. The van der Waals surface area contributed by atoms with Crippen LogP contribution in [-0.4, -0.2) is 29.3 Å². The largest absolute Gasteiger partial charge is 0.378 e. The predicted octanol–water partition coefficient (Wildman–Crippen LogP) is 5.98. The molecule has 38 heavy (non-hydrogen) atoms. The highest BCUT2D eigenvalue weighted by Crippen LogP contribution is 2.53. The van der Waals surface area contributed by atoms with Crippen LogP contribution in [0.25, 0.3) is 0 Å². The lowest BCUT2D eigenvalue weighted by Gasteiger charge is -2.50. The van der Waals surface area contributed by atoms with Crippen LogP contribution in [0.3, 0.4) is 0 Å². The van der Waals surface area contributed by atoms with E-state index in [1.165, 1.54) is 11.1 Å². The van der Waals surface area contributed by atoms with Crippen molar-refractivity contribution in [2.45, 2.75) is 50.2 Å². The van der Waals surface area contributed by atoms with E-state index < -0.39 is 0 Å². The summed E-state index contributed by atoms with van der Waals surface area (Å²) in [5.41, 5.74) is 4.29. The van der Waals surface area contributed by atoms with Gasteiger partial charge in [-0.25, -0.2) is 0 Å². The van der Waals surface area contributed by atoms with Gasteiger partial charge in [-0.1, -0.05) is 66.7 Å². The minimum Gasteiger partial charge on any atom is -0.378 e. The van der Waals surface area contributed by atoms with Crippen molar-refractivity contribution in [2.75, 3.05) is 11.9 Å². The van der Waals surface area contributed by atoms with Gasteiger partial charge in [-0.2, -0.15) is 0 Å². The van der Waals surface area contributed by atoms with Gasteiger partial charge in [0.15, 0.2) is 0 Å². The van der Waals surface area contributed by atoms with E-state index >= 15 is 0 Å². The Balaban J connectivity index is 1.21. The van der Waals surface area contributed by atoms with E-state index in [4.69, 9.17) is 0 Å². The molecule has 0 aromatic heterocycles.